The molecule has 0 heterocycles. The largest absolute Gasteiger partial charge is 0.351 e. The summed E-state index contributed by atoms with van der Waals surface area (Å²) in [5, 5.41) is 0. The minimum absolute atomic E-state index is 0.0139. The monoisotopic (exact) mass is 273 g/mol. The van der Waals surface area contributed by atoms with Crippen LogP contribution in [0.15, 0.2) is 0 Å². The maximum Gasteiger partial charge on any atom is 0.172 e. The molecular weight excluding hydrogens is 238 g/mol. The van der Waals surface area contributed by atoms with E-state index in [9.17, 15) is 0 Å². The van der Waals surface area contributed by atoms with Crippen molar-refractivity contribution < 1.29 is 9.47 Å². The summed E-state index contributed by atoms with van der Waals surface area (Å²) in [6.07, 6.45) is 11.4. The molecule has 0 rings (SSSR count). The maximum absolute atomic E-state index is 6.12. The van der Waals surface area contributed by atoms with E-state index in [1.807, 2.05) is 13.8 Å². The van der Waals surface area contributed by atoms with Crippen LogP contribution in [0.4, 0.5) is 0 Å². The molecule has 0 saturated heterocycles. The molecule has 2 N–H and O–H groups in total. The topological polar surface area (TPSA) is 44.5 Å². The van der Waals surface area contributed by atoms with Crippen molar-refractivity contribution in [2.75, 3.05) is 13.2 Å². The van der Waals surface area contributed by atoms with Crippen LogP contribution in [0.2, 0.25) is 0 Å². The molecule has 0 radical (unpaired) electrons. The van der Waals surface area contributed by atoms with Gasteiger partial charge in [0.05, 0.1) is 6.04 Å². The van der Waals surface area contributed by atoms with E-state index in [-0.39, 0.29) is 12.3 Å². The Morgan fingerprint density at radius 1 is 0.737 bits per heavy atom. The Bertz CT molecular complexity index is 170. The first kappa shape index (κ1) is 18.9. The minimum Gasteiger partial charge on any atom is -0.351 e. The van der Waals surface area contributed by atoms with Crippen molar-refractivity contribution in [1.82, 2.24) is 0 Å². The Kier molecular flexibility index (Phi) is 14.2. The van der Waals surface area contributed by atoms with E-state index in [1.54, 1.807) is 0 Å². The summed E-state index contributed by atoms with van der Waals surface area (Å²) >= 11 is 0. The molecule has 0 aromatic rings. The molecule has 0 spiro atoms. The van der Waals surface area contributed by atoms with Gasteiger partial charge in [-0.1, -0.05) is 58.3 Å². The molecule has 0 aliphatic carbocycles. The van der Waals surface area contributed by atoms with Crippen molar-refractivity contribution in [3.63, 3.8) is 0 Å². The van der Waals surface area contributed by atoms with Gasteiger partial charge in [-0.15, -0.1) is 0 Å². The van der Waals surface area contributed by atoms with Gasteiger partial charge >= 0.3 is 0 Å². The van der Waals surface area contributed by atoms with Gasteiger partial charge in [-0.25, -0.2) is 0 Å². The molecule has 0 amide bonds. The molecule has 19 heavy (non-hydrogen) atoms. The lowest BCUT2D eigenvalue weighted by Crippen LogP contribution is -2.38. The van der Waals surface area contributed by atoms with Crippen molar-refractivity contribution in [3.05, 3.63) is 0 Å². The highest BCUT2D eigenvalue weighted by Crippen LogP contribution is 2.12. The average Bonchev–Trinajstić information content (AvgIpc) is 2.41. The normalized spacial score (nSPS) is 13.1. The molecule has 0 bridgehead atoms. The predicted molar refractivity (Wildman–Crippen MR) is 82.2 cm³/mol. The van der Waals surface area contributed by atoms with Gasteiger partial charge in [-0.3, -0.25) is 0 Å². The summed E-state index contributed by atoms with van der Waals surface area (Å²) in [6.45, 7) is 7.55. The van der Waals surface area contributed by atoms with Crippen LogP contribution in [0.3, 0.4) is 0 Å². The standard InChI is InChI=1S/C16H35NO2/c1-4-7-8-9-10-11-12-13-14-15(17)16(18-5-2)19-6-3/h15-16H,4-14,17H2,1-3H3. The molecule has 1 unspecified atom stereocenters. The van der Waals surface area contributed by atoms with Gasteiger partial charge in [0, 0.05) is 13.2 Å². The molecule has 0 aliphatic rings. The van der Waals surface area contributed by atoms with E-state index >= 15 is 0 Å². The summed E-state index contributed by atoms with van der Waals surface area (Å²) in [7, 11) is 0. The molecule has 0 aromatic heterocycles. The molecule has 0 aromatic carbocycles. The molecule has 116 valence electrons. The van der Waals surface area contributed by atoms with Gasteiger partial charge < -0.3 is 15.2 Å². The van der Waals surface area contributed by atoms with Crippen molar-refractivity contribution in [3.8, 4) is 0 Å². The van der Waals surface area contributed by atoms with Crippen LogP contribution >= 0.6 is 0 Å². The fraction of sp³-hybridized carbons (Fsp3) is 1.00. The Balaban J connectivity index is 3.47. The third kappa shape index (κ3) is 11.4. The highest BCUT2D eigenvalue weighted by atomic mass is 16.7. The average molecular weight is 273 g/mol. The second-order valence-corrected chi connectivity index (χ2v) is 5.21. The van der Waals surface area contributed by atoms with Crippen LogP contribution in [0.1, 0.15) is 78.6 Å². The zero-order chi connectivity index (χ0) is 14.3. The first-order chi connectivity index (χ1) is 9.26. The van der Waals surface area contributed by atoms with Crippen molar-refractivity contribution in [1.29, 1.82) is 0 Å². The fourth-order valence-corrected chi connectivity index (χ4v) is 2.27. The van der Waals surface area contributed by atoms with Gasteiger partial charge in [0.2, 0.25) is 0 Å². The number of ether oxygens (including phenoxy) is 2. The summed E-state index contributed by atoms with van der Waals surface area (Å²) < 4.78 is 11.0. The third-order valence-corrected chi connectivity index (χ3v) is 3.40. The van der Waals surface area contributed by atoms with E-state index in [4.69, 9.17) is 15.2 Å². The zero-order valence-electron chi connectivity index (χ0n) is 13.3. The van der Waals surface area contributed by atoms with Crippen LogP contribution < -0.4 is 5.73 Å². The fourth-order valence-electron chi connectivity index (χ4n) is 2.27. The molecule has 0 saturated carbocycles. The predicted octanol–water partition coefficient (Wildman–Crippen LogP) is 4.24. The lowest BCUT2D eigenvalue weighted by molar-refractivity contribution is -0.149. The van der Waals surface area contributed by atoms with Crippen molar-refractivity contribution >= 4 is 0 Å². The summed E-state index contributed by atoms with van der Waals surface area (Å²) in [6, 6.07) is 0.0139. The Morgan fingerprint density at radius 3 is 1.68 bits per heavy atom. The first-order valence-electron chi connectivity index (χ1n) is 8.24. The lowest BCUT2D eigenvalue weighted by Gasteiger charge is -2.23. The smallest absolute Gasteiger partial charge is 0.172 e. The van der Waals surface area contributed by atoms with E-state index in [0.29, 0.717) is 13.2 Å². The zero-order valence-corrected chi connectivity index (χ0v) is 13.3. The molecule has 0 aliphatic heterocycles. The van der Waals surface area contributed by atoms with Crippen LogP contribution in [-0.2, 0) is 9.47 Å². The molecule has 1 atom stereocenters. The van der Waals surface area contributed by atoms with Crippen LogP contribution in [0.25, 0.3) is 0 Å². The second-order valence-electron chi connectivity index (χ2n) is 5.21. The van der Waals surface area contributed by atoms with Crippen LogP contribution in [0, 0.1) is 0 Å². The Hall–Kier alpha value is -0.120. The minimum atomic E-state index is -0.223. The second kappa shape index (κ2) is 14.3. The summed E-state index contributed by atoms with van der Waals surface area (Å²) in [5.41, 5.74) is 6.12. The van der Waals surface area contributed by atoms with Gasteiger partial charge in [0.25, 0.3) is 0 Å². The Morgan fingerprint density at radius 2 is 1.21 bits per heavy atom. The Labute approximate surface area is 120 Å². The van der Waals surface area contributed by atoms with Gasteiger partial charge in [-0.2, -0.15) is 0 Å². The number of hydrogen-bond acceptors (Lipinski definition) is 3. The quantitative estimate of drug-likeness (QED) is 0.380. The highest BCUT2D eigenvalue weighted by molar-refractivity contribution is 4.66. The van der Waals surface area contributed by atoms with Gasteiger partial charge in [-0.05, 0) is 20.3 Å². The summed E-state index contributed by atoms with van der Waals surface area (Å²) in [5.74, 6) is 0. The third-order valence-electron chi connectivity index (χ3n) is 3.40. The van der Waals surface area contributed by atoms with E-state index in [2.05, 4.69) is 6.92 Å². The first-order valence-corrected chi connectivity index (χ1v) is 8.24. The SMILES string of the molecule is CCCCCCCCCCC(N)C(OCC)OCC. The molecular formula is C16H35NO2. The number of unbranched alkanes of at least 4 members (excludes halogenated alkanes) is 7. The maximum atomic E-state index is 6.12. The number of nitrogens with two attached hydrogens (primary N) is 1. The van der Waals surface area contributed by atoms with E-state index < -0.39 is 0 Å². The lowest BCUT2D eigenvalue weighted by atomic mass is 10.0. The molecule has 0 fully saturated rings. The van der Waals surface area contributed by atoms with Gasteiger partial charge in [0.1, 0.15) is 0 Å². The van der Waals surface area contributed by atoms with Crippen molar-refractivity contribution in [2.24, 2.45) is 5.73 Å². The number of hydrogen-bond donors (Lipinski definition) is 1. The van der Waals surface area contributed by atoms with Gasteiger partial charge in [0.15, 0.2) is 6.29 Å². The highest BCUT2D eigenvalue weighted by Gasteiger charge is 2.17. The van der Waals surface area contributed by atoms with Crippen LogP contribution in [-0.4, -0.2) is 25.5 Å². The van der Waals surface area contributed by atoms with E-state index in [1.165, 1.54) is 51.4 Å². The number of rotatable bonds is 14. The summed E-state index contributed by atoms with van der Waals surface area (Å²) in [4.78, 5) is 0. The van der Waals surface area contributed by atoms with E-state index in [0.717, 1.165) is 6.42 Å². The van der Waals surface area contributed by atoms with Crippen molar-refractivity contribution in [2.45, 2.75) is 90.9 Å². The van der Waals surface area contributed by atoms with Crippen LogP contribution in [0.5, 0.6) is 0 Å². The molecule has 3 nitrogen and oxygen atoms in total. The molecule has 3 heteroatoms.